The molecule has 3 heteroatoms. The molecular weight excluding hydrogens is 236 g/mol. The van der Waals surface area contributed by atoms with Crippen molar-refractivity contribution in [3.8, 4) is 0 Å². The van der Waals surface area contributed by atoms with Gasteiger partial charge in [0.05, 0.1) is 6.61 Å². The van der Waals surface area contributed by atoms with Gasteiger partial charge in [0.1, 0.15) is 0 Å². The zero-order chi connectivity index (χ0) is 13.7. The van der Waals surface area contributed by atoms with Crippen molar-refractivity contribution in [3.63, 3.8) is 0 Å². The van der Waals surface area contributed by atoms with E-state index < -0.39 is 0 Å². The van der Waals surface area contributed by atoms with Crippen molar-refractivity contribution in [1.29, 1.82) is 0 Å². The Morgan fingerprint density at radius 2 is 1.89 bits per heavy atom. The molecule has 2 rings (SSSR count). The van der Waals surface area contributed by atoms with Gasteiger partial charge in [0, 0.05) is 17.6 Å². The molecule has 0 bridgehead atoms. The molecule has 0 aliphatic heterocycles. The maximum Gasteiger partial charge on any atom is 0.0610 e. The minimum absolute atomic E-state index is 0.0593. The molecule has 0 aromatic rings. The third kappa shape index (κ3) is 4.73. The molecular formula is C16H32N2O. The summed E-state index contributed by atoms with van der Waals surface area (Å²) in [5.74, 6) is 0. The lowest BCUT2D eigenvalue weighted by atomic mass is 9.96. The first-order valence-corrected chi connectivity index (χ1v) is 8.29. The van der Waals surface area contributed by atoms with E-state index in [0.29, 0.717) is 6.04 Å². The molecule has 2 N–H and O–H groups in total. The molecule has 0 radical (unpaired) electrons. The van der Waals surface area contributed by atoms with Gasteiger partial charge in [-0.2, -0.15) is 0 Å². The summed E-state index contributed by atoms with van der Waals surface area (Å²) in [4.78, 5) is 2.65. The van der Waals surface area contributed by atoms with E-state index in [9.17, 15) is 5.11 Å². The smallest absolute Gasteiger partial charge is 0.0610 e. The summed E-state index contributed by atoms with van der Waals surface area (Å²) in [7, 11) is 0. The van der Waals surface area contributed by atoms with Gasteiger partial charge in [-0.05, 0) is 58.5 Å². The molecule has 19 heavy (non-hydrogen) atoms. The zero-order valence-corrected chi connectivity index (χ0v) is 12.8. The lowest BCUT2D eigenvalue weighted by Crippen LogP contribution is -2.47. The zero-order valence-electron chi connectivity index (χ0n) is 12.8. The first kappa shape index (κ1) is 15.3. The van der Waals surface area contributed by atoms with Crippen LogP contribution in [0.4, 0.5) is 0 Å². The molecule has 0 spiro atoms. The molecule has 2 saturated carbocycles. The van der Waals surface area contributed by atoms with E-state index in [1.165, 1.54) is 58.0 Å². The van der Waals surface area contributed by atoms with Gasteiger partial charge in [-0.25, -0.2) is 0 Å². The van der Waals surface area contributed by atoms with E-state index in [0.717, 1.165) is 12.5 Å². The molecule has 0 saturated heterocycles. The monoisotopic (exact) mass is 268 g/mol. The van der Waals surface area contributed by atoms with Crippen molar-refractivity contribution in [2.24, 2.45) is 0 Å². The lowest BCUT2D eigenvalue weighted by molar-refractivity contribution is 0.147. The van der Waals surface area contributed by atoms with E-state index in [1.54, 1.807) is 0 Å². The maximum absolute atomic E-state index is 9.62. The van der Waals surface area contributed by atoms with Crippen molar-refractivity contribution >= 4 is 0 Å². The minimum atomic E-state index is -0.0593. The first-order valence-electron chi connectivity index (χ1n) is 8.29. The highest BCUT2D eigenvalue weighted by Crippen LogP contribution is 2.26. The number of aliphatic hydroxyl groups excluding tert-OH is 1. The van der Waals surface area contributed by atoms with Gasteiger partial charge in [-0.1, -0.05) is 19.8 Å². The number of aliphatic hydroxyl groups is 1. The van der Waals surface area contributed by atoms with Crippen LogP contribution in [0.2, 0.25) is 0 Å². The van der Waals surface area contributed by atoms with Crippen LogP contribution in [0, 0.1) is 0 Å². The fourth-order valence-corrected chi connectivity index (χ4v) is 3.46. The molecule has 112 valence electrons. The number of nitrogens with zero attached hydrogens (tertiary/aromatic N) is 1. The topological polar surface area (TPSA) is 35.5 Å². The van der Waals surface area contributed by atoms with Crippen molar-refractivity contribution < 1.29 is 5.11 Å². The SMILES string of the molecule is CCN(CCCC(C)(CO)NC1CC1)C1CCCC1. The average molecular weight is 268 g/mol. The highest BCUT2D eigenvalue weighted by molar-refractivity contribution is 4.92. The summed E-state index contributed by atoms with van der Waals surface area (Å²) < 4.78 is 0. The minimum Gasteiger partial charge on any atom is -0.394 e. The summed E-state index contributed by atoms with van der Waals surface area (Å²) in [5, 5.41) is 13.2. The molecule has 0 amide bonds. The Labute approximate surface area is 118 Å². The lowest BCUT2D eigenvalue weighted by Gasteiger charge is -2.32. The summed E-state index contributed by atoms with van der Waals surface area (Å²) in [5.41, 5.74) is -0.0593. The van der Waals surface area contributed by atoms with Gasteiger partial charge in [0.25, 0.3) is 0 Å². The van der Waals surface area contributed by atoms with Crippen molar-refractivity contribution in [3.05, 3.63) is 0 Å². The van der Waals surface area contributed by atoms with Gasteiger partial charge >= 0.3 is 0 Å². The van der Waals surface area contributed by atoms with E-state index in [-0.39, 0.29) is 12.1 Å². The van der Waals surface area contributed by atoms with Gasteiger partial charge < -0.3 is 15.3 Å². The number of rotatable bonds is 9. The Kier molecular flexibility index (Phi) is 5.67. The summed E-state index contributed by atoms with van der Waals surface area (Å²) in [6, 6.07) is 1.51. The highest BCUT2D eigenvalue weighted by atomic mass is 16.3. The van der Waals surface area contributed by atoms with Crippen LogP contribution in [0.25, 0.3) is 0 Å². The summed E-state index contributed by atoms with van der Waals surface area (Å²) in [6.45, 7) is 7.10. The molecule has 0 aromatic carbocycles. The Morgan fingerprint density at radius 1 is 1.21 bits per heavy atom. The van der Waals surface area contributed by atoms with Crippen LogP contribution >= 0.6 is 0 Å². The van der Waals surface area contributed by atoms with Crippen LogP contribution in [0.3, 0.4) is 0 Å². The second-order valence-corrected chi connectivity index (χ2v) is 6.81. The molecule has 3 nitrogen and oxygen atoms in total. The Hall–Kier alpha value is -0.120. The molecule has 2 aliphatic carbocycles. The second-order valence-electron chi connectivity index (χ2n) is 6.81. The Bertz CT molecular complexity index is 261. The Balaban J connectivity index is 1.70. The molecule has 2 fully saturated rings. The van der Waals surface area contributed by atoms with E-state index in [2.05, 4.69) is 24.1 Å². The quantitative estimate of drug-likeness (QED) is 0.674. The predicted octanol–water partition coefficient (Wildman–Crippen LogP) is 2.53. The fraction of sp³-hybridized carbons (Fsp3) is 1.00. The molecule has 1 atom stereocenters. The van der Waals surface area contributed by atoms with Gasteiger partial charge in [0.15, 0.2) is 0 Å². The number of hydrogen-bond acceptors (Lipinski definition) is 3. The third-order valence-electron chi connectivity index (χ3n) is 4.90. The van der Waals surface area contributed by atoms with Crippen LogP contribution < -0.4 is 5.32 Å². The maximum atomic E-state index is 9.62. The van der Waals surface area contributed by atoms with E-state index >= 15 is 0 Å². The van der Waals surface area contributed by atoms with Crippen LogP contribution in [-0.4, -0.2) is 47.3 Å². The largest absolute Gasteiger partial charge is 0.394 e. The average Bonchev–Trinajstić information content (AvgIpc) is 3.05. The predicted molar refractivity (Wildman–Crippen MR) is 80.4 cm³/mol. The molecule has 0 heterocycles. The van der Waals surface area contributed by atoms with Crippen LogP contribution in [0.1, 0.15) is 65.2 Å². The summed E-state index contributed by atoms with van der Waals surface area (Å²) in [6.07, 6.45) is 10.5. The second kappa shape index (κ2) is 7.05. The molecule has 0 aromatic heterocycles. The first-order chi connectivity index (χ1) is 9.17. The van der Waals surface area contributed by atoms with Gasteiger partial charge in [-0.15, -0.1) is 0 Å². The van der Waals surface area contributed by atoms with Crippen molar-refractivity contribution in [1.82, 2.24) is 10.2 Å². The summed E-state index contributed by atoms with van der Waals surface area (Å²) >= 11 is 0. The number of nitrogens with one attached hydrogen (secondary N) is 1. The van der Waals surface area contributed by atoms with Crippen LogP contribution in [-0.2, 0) is 0 Å². The van der Waals surface area contributed by atoms with Crippen molar-refractivity contribution in [2.45, 2.75) is 82.8 Å². The van der Waals surface area contributed by atoms with Crippen LogP contribution in [0.15, 0.2) is 0 Å². The van der Waals surface area contributed by atoms with Crippen molar-refractivity contribution in [2.75, 3.05) is 19.7 Å². The third-order valence-corrected chi connectivity index (χ3v) is 4.90. The van der Waals surface area contributed by atoms with Gasteiger partial charge in [-0.3, -0.25) is 0 Å². The van der Waals surface area contributed by atoms with E-state index in [1.807, 2.05) is 0 Å². The Morgan fingerprint density at radius 3 is 2.42 bits per heavy atom. The fourth-order valence-electron chi connectivity index (χ4n) is 3.46. The van der Waals surface area contributed by atoms with Crippen LogP contribution in [0.5, 0.6) is 0 Å². The normalized spacial score (nSPS) is 24.0. The highest BCUT2D eigenvalue weighted by Gasteiger charge is 2.31. The standard InChI is InChI=1S/C16H32N2O/c1-3-18(15-7-4-5-8-15)12-6-11-16(2,13-19)17-14-9-10-14/h14-15,17,19H,3-13H2,1-2H3. The number of hydrogen-bond donors (Lipinski definition) is 2. The van der Waals surface area contributed by atoms with E-state index in [4.69, 9.17) is 0 Å². The van der Waals surface area contributed by atoms with Gasteiger partial charge in [0.2, 0.25) is 0 Å². The molecule has 2 aliphatic rings. The molecule has 1 unspecified atom stereocenters.